The summed E-state index contributed by atoms with van der Waals surface area (Å²) in [6.45, 7) is 7.50. The van der Waals surface area contributed by atoms with Gasteiger partial charge in [0, 0.05) is 11.4 Å². The van der Waals surface area contributed by atoms with Crippen LogP contribution in [0.3, 0.4) is 0 Å². The molecule has 0 spiro atoms. The van der Waals surface area contributed by atoms with E-state index in [4.69, 9.17) is 18.9 Å². The molecule has 0 aliphatic heterocycles. The molecule has 0 aromatic heterocycles. The normalized spacial score (nSPS) is 12.1. The standard InChI is InChI=1S/C22H32N2O8/c1-5-29-19(25)13-17(21(27)31-7-3)23-15-9-11-16(12-10-15)24-18(22(28)32-8-4)14-20(26)30-6-2/h9-12,17-18,23-24H,5-8,13-14H2,1-4H3/t17-,18?/m0/s1. The molecule has 32 heavy (non-hydrogen) atoms. The maximum atomic E-state index is 12.2. The third kappa shape index (κ3) is 9.67. The Balaban J connectivity index is 2.88. The highest BCUT2D eigenvalue weighted by molar-refractivity contribution is 5.86. The molecule has 1 aromatic rings. The zero-order valence-corrected chi connectivity index (χ0v) is 19.0. The molecule has 0 saturated carbocycles. The fourth-order valence-corrected chi connectivity index (χ4v) is 2.71. The van der Waals surface area contributed by atoms with Crippen LogP contribution >= 0.6 is 0 Å². The second kappa shape index (κ2) is 14.7. The molecule has 178 valence electrons. The number of carbonyl (C=O) groups excluding carboxylic acids is 4. The number of hydrogen-bond donors (Lipinski definition) is 2. The van der Waals surface area contributed by atoms with E-state index < -0.39 is 36.0 Å². The smallest absolute Gasteiger partial charge is 0.329 e. The van der Waals surface area contributed by atoms with E-state index in [1.165, 1.54) is 0 Å². The Bertz CT molecular complexity index is 688. The molecule has 0 amide bonds. The van der Waals surface area contributed by atoms with Gasteiger partial charge in [-0.1, -0.05) is 0 Å². The summed E-state index contributed by atoms with van der Waals surface area (Å²) >= 11 is 0. The van der Waals surface area contributed by atoms with E-state index in [2.05, 4.69) is 10.6 Å². The first-order chi connectivity index (χ1) is 15.3. The van der Waals surface area contributed by atoms with Crippen molar-refractivity contribution in [1.82, 2.24) is 0 Å². The number of ether oxygens (including phenoxy) is 4. The van der Waals surface area contributed by atoms with Crippen LogP contribution in [-0.2, 0) is 38.1 Å². The molecule has 10 nitrogen and oxygen atoms in total. The molecule has 0 radical (unpaired) electrons. The first-order valence-corrected chi connectivity index (χ1v) is 10.6. The number of anilines is 2. The zero-order chi connectivity index (χ0) is 23.9. The average Bonchev–Trinajstić information content (AvgIpc) is 2.74. The van der Waals surface area contributed by atoms with Crippen LogP contribution < -0.4 is 10.6 Å². The van der Waals surface area contributed by atoms with Gasteiger partial charge in [0.1, 0.15) is 12.1 Å². The first kappa shape index (κ1) is 26.7. The van der Waals surface area contributed by atoms with Crippen LogP contribution in [0.5, 0.6) is 0 Å². The minimum atomic E-state index is -0.913. The summed E-state index contributed by atoms with van der Waals surface area (Å²) in [5, 5.41) is 5.91. The number of benzene rings is 1. The van der Waals surface area contributed by atoms with Gasteiger partial charge in [-0.3, -0.25) is 9.59 Å². The Morgan fingerprint density at radius 2 is 0.938 bits per heavy atom. The quantitative estimate of drug-likeness (QED) is 0.320. The predicted molar refractivity (Wildman–Crippen MR) is 117 cm³/mol. The van der Waals surface area contributed by atoms with E-state index in [-0.39, 0.29) is 39.3 Å². The fraction of sp³-hybridized carbons (Fsp3) is 0.545. The molecule has 0 saturated heterocycles. The minimum absolute atomic E-state index is 0.179. The van der Waals surface area contributed by atoms with Gasteiger partial charge in [0.15, 0.2) is 0 Å². The van der Waals surface area contributed by atoms with Gasteiger partial charge in [0.2, 0.25) is 0 Å². The second-order valence-corrected chi connectivity index (χ2v) is 6.49. The van der Waals surface area contributed by atoms with Gasteiger partial charge >= 0.3 is 23.9 Å². The van der Waals surface area contributed by atoms with E-state index >= 15 is 0 Å². The molecule has 2 N–H and O–H groups in total. The average molecular weight is 453 g/mol. The fourth-order valence-electron chi connectivity index (χ4n) is 2.71. The van der Waals surface area contributed by atoms with Crippen molar-refractivity contribution in [1.29, 1.82) is 0 Å². The molecule has 1 aromatic carbocycles. The zero-order valence-electron chi connectivity index (χ0n) is 19.0. The molecule has 1 unspecified atom stereocenters. The highest BCUT2D eigenvalue weighted by Gasteiger charge is 2.25. The molecule has 0 fully saturated rings. The SMILES string of the molecule is CCOC(=O)CC(Nc1ccc(N[C@@H](CC(=O)OCC)C(=O)OCC)cc1)C(=O)OCC. The van der Waals surface area contributed by atoms with Crippen molar-refractivity contribution in [3.05, 3.63) is 24.3 Å². The van der Waals surface area contributed by atoms with Gasteiger partial charge in [-0.05, 0) is 52.0 Å². The van der Waals surface area contributed by atoms with Crippen molar-refractivity contribution < 1.29 is 38.1 Å². The van der Waals surface area contributed by atoms with Crippen LogP contribution in [0.25, 0.3) is 0 Å². The van der Waals surface area contributed by atoms with E-state index in [0.717, 1.165) is 0 Å². The highest BCUT2D eigenvalue weighted by Crippen LogP contribution is 2.18. The van der Waals surface area contributed by atoms with Crippen molar-refractivity contribution in [2.24, 2.45) is 0 Å². The lowest BCUT2D eigenvalue weighted by molar-refractivity contribution is -0.150. The monoisotopic (exact) mass is 452 g/mol. The van der Waals surface area contributed by atoms with Crippen LogP contribution in [0.2, 0.25) is 0 Å². The maximum Gasteiger partial charge on any atom is 0.329 e. The highest BCUT2D eigenvalue weighted by atomic mass is 16.5. The van der Waals surface area contributed by atoms with Crippen LogP contribution in [0.1, 0.15) is 40.5 Å². The predicted octanol–water partition coefficient (Wildman–Crippen LogP) is 2.28. The van der Waals surface area contributed by atoms with Crippen molar-refractivity contribution in [3.63, 3.8) is 0 Å². The summed E-state index contributed by atoms with van der Waals surface area (Å²) in [5.74, 6) is -2.18. The summed E-state index contributed by atoms with van der Waals surface area (Å²) in [6, 6.07) is 4.81. The Hall–Kier alpha value is -3.30. The van der Waals surface area contributed by atoms with Gasteiger partial charge in [0.25, 0.3) is 0 Å². The molecule has 0 bridgehead atoms. The molecule has 1 rings (SSSR count). The summed E-state index contributed by atoms with van der Waals surface area (Å²) in [7, 11) is 0. The number of nitrogens with one attached hydrogen (secondary N) is 2. The van der Waals surface area contributed by atoms with Crippen LogP contribution in [-0.4, -0.2) is 62.4 Å². The topological polar surface area (TPSA) is 129 Å². The van der Waals surface area contributed by atoms with Crippen LogP contribution in [0, 0.1) is 0 Å². The molecule has 0 aliphatic rings. The van der Waals surface area contributed by atoms with Crippen molar-refractivity contribution >= 4 is 35.3 Å². The van der Waals surface area contributed by atoms with Crippen molar-refractivity contribution in [2.45, 2.75) is 52.6 Å². The molecular weight excluding hydrogens is 420 g/mol. The Labute approximate surface area is 187 Å². The van der Waals surface area contributed by atoms with E-state index in [9.17, 15) is 19.2 Å². The molecule has 0 aliphatic carbocycles. The summed E-state index contributed by atoms with van der Waals surface area (Å²) in [4.78, 5) is 48.0. The number of hydrogen-bond acceptors (Lipinski definition) is 10. The molecular formula is C22H32N2O8. The molecule has 0 heterocycles. The van der Waals surface area contributed by atoms with Crippen LogP contribution in [0.15, 0.2) is 24.3 Å². The summed E-state index contributed by atoms with van der Waals surface area (Å²) < 4.78 is 19.9. The number of rotatable bonds is 14. The van der Waals surface area contributed by atoms with E-state index in [1.54, 1.807) is 52.0 Å². The minimum Gasteiger partial charge on any atom is -0.466 e. The van der Waals surface area contributed by atoms with Crippen molar-refractivity contribution in [2.75, 3.05) is 37.1 Å². The largest absolute Gasteiger partial charge is 0.466 e. The number of esters is 4. The lowest BCUT2D eigenvalue weighted by Crippen LogP contribution is -2.34. The summed E-state index contributed by atoms with van der Waals surface area (Å²) in [6.07, 6.45) is -0.367. The van der Waals surface area contributed by atoms with Crippen molar-refractivity contribution in [3.8, 4) is 0 Å². The lowest BCUT2D eigenvalue weighted by atomic mass is 10.1. The molecule has 2 atom stereocenters. The third-order valence-electron chi connectivity index (χ3n) is 4.06. The van der Waals surface area contributed by atoms with E-state index in [1.807, 2.05) is 0 Å². The third-order valence-corrected chi connectivity index (χ3v) is 4.06. The van der Waals surface area contributed by atoms with Gasteiger partial charge in [-0.25, -0.2) is 9.59 Å². The van der Waals surface area contributed by atoms with E-state index in [0.29, 0.717) is 11.4 Å². The van der Waals surface area contributed by atoms with Gasteiger partial charge in [-0.2, -0.15) is 0 Å². The lowest BCUT2D eigenvalue weighted by Gasteiger charge is -2.19. The second-order valence-electron chi connectivity index (χ2n) is 6.49. The Morgan fingerprint density at radius 3 is 1.22 bits per heavy atom. The van der Waals surface area contributed by atoms with Gasteiger partial charge in [-0.15, -0.1) is 0 Å². The van der Waals surface area contributed by atoms with Crippen LogP contribution in [0.4, 0.5) is 11.4 Å². The molecule has 10 heteroatoms. The summed E-state index contributed by atoms with van der Waals surface area (Å²) in [5.41, 5.74) is 1.10. The Morgan fingerprint density at radius 1 is 0.625 bits per heavy atom. The van der Waals surface area contributed by atoms with Gasteiger partial charge in [0.05, 0.1) is 39.3 Å². The first-order valence-electron chi connectivity index (χ1n) is 10.6. The Kier molecular flexibility index (Phi) is 12.2. The maximum absolute atomic E-state index is 12.2. The number of carbonyl (C=O) groups is 4. The van der Waals surface area contributed by atoms with Gasteiger partial charge < -0.3 is 29.6 Å².